The summed E-state index contributed by atoms with van der Waals surface area (Å²) in [5.74, 6) is -1.01. The SMILES string of the molecule is CC/C=C\C/C=C\C/C=C\C/C=C\C/C=C\CCCCCC(=O)OC[C@H](COC(=O)CCCCCCCCCCCCC/C=C\CCCCCCCC)OC(=O)CCC/C=C\C/C=C\C/C=C\C/C=C\C/C=C\CC. The molecule has 0 unspecified atom stereocenters. The van der Waals surface area contributed by atoms with Gasteiger partial charge in [-0.2, -0.15) is 0 Å². The Labute approximate surface area is 462 Å². The summed E-state index contributed by atoms with van der Waals surface area (Å²) in [5, 5.41) is 0. The fourth-order valence-corrected chi connectivity index (χ4v) is 8.09. The Balaban J connectivity index is 4.51. The minimum atomic E-state index is -0.828. The molecule has 0 aliphatic carbocycles. The van der Waals surface area contributed by atoms with Crippen molar-refractivity contribution < 1.29 is 28.6 Å². The second-order valence-electron chi connectivity index (χ2n) is 19.8. The molecule has 0 bridgehead atoms. The Bertz CT molecular complexity index is 1620. The molecule has 6 nitrogen and oxygen atoms in total. The highest BCUT2D eigenvalue weighted by Gasteiger charge is 2.19. The molecule has 0 aromatic heterocycles. The molecule has 0 N–H and O–H groups in total. The third kappa shape index (κ3) is 60.3. The minimum absolute atomic E-state index is 0.115. The first-order chi connectivity index (χ1) is 37.0. The first kappa shape index (κ1) is 70.5. The van der Waals surface area contributed by atoms with Crippen LogP contribution in [0.5, 0.6) is 0 Å². The first-order valence-corrected chi connectivity index (χ1v) is 30.7. The van der Waals surface area contributed by atoms with Crippen LogP contribution in [0.4, 0.5) is 0 Å². The summed E-state index contributed by atoms with van der Waals surface area (Å²) in [6, 6.07) is 0. The highest BCUT2D eigenvalue weighted by Crippen LogP contribution is 2.15. The van der Waals surface area contributed by atoms with Crippen molar-refractivity contribution in [1.29, 1.82) is 0 Å². The van der Waals surface area contributed by atoms with Gasteiger partial charge >= 0.3 is 17.9 Å². The van der Waals surface area contributed by atoms with Gasteiger partial charge in [0, 0.05) is 19.3 Å². The van der Waals surface area contributed by atoms with Gasteiger partial charge in [-0.05, 0) is 128 Å². The Morgan fingerprint density at radius 2 is 0.533 bits per heavy atom. The van der Waals surface area contributed by atoms with Gasteiger partial charge in [0.2, 0.25) is 0 Å². The van der Waals surface area contributed by atoms with Gasteiger partial charge < -0.3 is 14.2 Å². The van der Waals surface area contributed by atoms with Crippen LogP contribution in [0.15, 0.2) is 134 Å². The topological polar surface area (TPSA) is 78.9 Å². The minimum Gasteiger partial charge on any atom is -0.462 e. The summed E-state index contributed by atoms with van der Waals surface area (Å²) in [7, 11) is 0. The van der Waals surface area contributed by atoms with Gasteiger partial charge in [0.1, 0.15) is 13.2 Å². The molecule has 0 aliphatic rings. The summed E-state index contributed by atoms with van der Waals surface area (Å²) in [4.78, 5) is 38.3. The maximum Gasteiger partial charge on any atom is 0.306 e. The van der Waals surface area contributed by atoms with Gasteiger partial charge in [-0.25, -0.2) is 0 Å². The highest BCUT2D eigenvalue weighted by atomic mass is 16.6. The Hall–Kier alpha value is -4.45. The van der Waals surface area contributed by atoms with Crippen molar-refractivity contribution in [3.8, 4) is 0 Å². The van der Waals surface area contributed by atoms with Crippen molar-refractivity contribution in [2.75, 3.05) is 13.2 Å². The smallest absolute Gasteiger partial charge is 0.306 e. The first-order valence-electron chi connectivity index (χ1n) is 30.7. The number of esters is 3. The van der Waals surface area contributed by atoms with Crippen LogP contribution in [0.1, 0.15) is 265 Å². The second kappa shape index (κ2) is 62.1. The van der Waals surface area contributed by atoms with Crippen LogP contribution in [-0.4, -0.2) is 37.2 Å². The number of ether oxygens (including phenoxy) is 3. The molecule has 75 heavy (non-hydrogen) atoms. The van der Waals surface area contributed by atoms with Crippen LogP contribution in [0.25, 0.3) is 0 Å². The predicted octanol–water partition coefficient (Wildman–Crippen LogP) is 21.0. The van der Waals surface area contributed by atoms with E-state index in [9.17, 15) is 14.4 Å². The number of carbonyl (C=O) groups is 3. The van der Waals surface area contributed by atoms with Crippen molar-refractivity contribution in [2.24, 2.45) is 0 Å². The molecule has 0 fully saturated rings. The van der Waals surface area contributed by atoms with E-state index in [4.69, 9.17) is 14.2 Å². The predicted molar refractivity (Wildman–Crippen MR) is 325 cm³/mol. The summed E-state index contributed by atoms with van der Waals surface area (Å²) in [6.07, 6.45) is 87.4. The summed E-state index contributed by atoms with van der Waals surface area (Å²) in [5.41, 5.74) is 0. The zero-order valence-electron chi connectivity index (χ0n) is 48.5. The Morgan fingerprint density at radius 3 is 0.880 bits per heavy atom. The Kier molecular flexibility index (Phi) is 58.4. The van der Waals surface area contributed by atoms with E-state index in [1.54, 1.807) is 0 Å². The van der Waals surface area contributed by atoms with Gasteiger partial charge in [0.15, 0.2) is 6.10 Å². The van der Waals surface area contributed by atoms with E-state index in [-0.39, 0.29) is 37.5 Å². The zero-order valence-corrected chi connectivity index (χ0v) is 48.5. The van der Waals surface area contributed by atoms with Gasteiger partial charge in [-0.15, -0.1) is 0 Å². The van der Waals surface area contributed by atoms with E-state index in [1.165, 1.54) is 103 Å². The molecular weight excluding hydrogens is 925 g/mol. The fraction of sp³-hybridized carbons (Fsp3) is 0.638. The molecule has 0 saturated carbocycles. The Morgan fingerprint density at radius 1 is 0.280 bits per heavy atom. The molecule has 0 saturated heterocycles. The lowest BCUT2D eigenvalue weighted by atomic mass is 10.0. The number of allylic oxidation sites excluding steroid dienone is 22. The van der Waals surface area contributed by atoms with E-state index in [0.29, 0.717) is 19.3 Å². The van der Waals surface area contributed by atoms with Crippen molar-refractivity contribution in [3.63, 3.8) is 0 Å². The van der Waals surface area contributed by atoms with E-state index < -0.39 is 6.10 Å². The molecular formula is C69H112O6. The van der Waals surface area contributed by atoms with Gasteiger partial charge in [-0.3, -0.25) is 14.4 Å². The summed E-state index contributed by atoms with van der Waals surface area (Å²) in [6.45, 7) is 6.34. The zero-order chi connectivity index (χ0) is 54.3. The average molecular weight is 1040 g/mol. The third-order valence-corrected chi connectivity index (χ3v) is 12.6. The standard InChI is InChI=1S/C69H112O6/c1-4-7-10-13-16-19-22-25-28-31-33-34-36-39-41-44-47-50-53-56-59-62-68(71)74-65-66(75-69(72)63-60-57-54-51-48-45-42-37-30-27-24-21-18-15-12-9-6-3)64-73-67(70)61-58-55-52-49-46-43-40-38-35-32-29-26-23-20-17-14-11-8-5-2/h8-9,11-12,17-18,20-21,25-30,35,38,42-43,45-46,51,54,66H,4-7,10,13-16,19,22-24,31-34,36-37,39-41,44,47-50,52-53,55-65H2,1-3H3/b11-8-,12-9-,20-17-,21-18-,28-25-,29-26-,30-27-,38-35-,45-42-,46-43-,54-51-/t66-/m1/s1. The molecule has 0 amide bonds. The van der Waals surface area contributed by atoms with Crippen LogP contribution in [0.2, 0.25) is 0 Å². The van der Waals surface area contributed by atoms with Crippen molar-refractivity contribution in [3.05, 3.63) is 134 Å². The van der Waals surface area contributed by atoms with Gasteiger partial charge in [0.05, 0.1) is 0 Å². The number of carbonyl (C=O) groups excluding carboxylic acids is 3. The lowest BCUT2D eigenvalue weighted by Crippen LogP contribution is -2.30. The number of hydrogen-bond acceptors (Lipinski definition) is 6. The summed E-state index contributed by atoms with van der Waals surface area (Å²) < 4.78 is 16.8. The molecule has 424 valence electrons. The van der Waals surface area contributed by atoms with E-state index >= 15 is 0 Å². The highest BCUT2D eigenvalue weighted by molar-refractivity contribution is 5.71. The second-order valence-corrected chi connectivity index (χ2v) is 19.8. The van der Waals surface area contributed by atoms with E-state index in [2.05, 4.69) is 154 Å². The molecule has 0 aromatic carbocycles. The normalized spacial score (nSPS) is 13.1. The van der Waals surface area contributed by atoms with E-state index in [0.717, 1.165) is 116 Å². The van der Waals surface area contributed by atoms with Crippen molar-refractivity contribution >= 4 is 17.9 Å². The van der Waals surface area contributed by atoms with Crippen LogP contribution >= 0.6 is 0 Å². The quantitative estimate of drug-likeness (QED) is 0.0261. The fourth-order valence-electron chi connectivity index (χ4n) is 8.09. The molecule has 0 spiro atoms. The molecule has 0 aromatic rings. The van der Waals surface area contributed by atoms with Crippen molar-refractivity contribution in [1.82, 2.24) is 0 Å². The maximum absolute atomic E-state index is 12.9. The van der Waals surface area contributed by atoms with Gasteiger partial charge in [-0.1, -0.05) is 251 Å². The largest absolute Gasteiger partial charge is 0.462 e. The molecule has 0 radical (unpaired) electrons. The average Bonchev–Trinajstić information content (AvgIpc) is 3.41. The lowest BCUT2D eigenvalue weighted by molar-refractivity contribution is -0.167. The van der Waals surface area contributed by atoms with E-state index in [1.807, 2.05) is 0 Å². The molecule has 1 atom stereocenters. The number of unbranched alkanes of at least 4 members (excludes halogenated alkanes) is 21. The van der Waals surface area contributed by atoms with Crippen LogP contribution in [0, 0.1) is 0 Å². The molecule has 0 rings (SSSR count). The third-order valence-electron chi connectivity index (χ3n) is 12.6. The van der Waals surface area contributed by atoms with Crippen LogP contribution < -0.4 is 0 Å². The molecule has 0 heterocycles. The molecule has 6 heteroatoms. The number of rotatable bonds is 54. The molecule has 0 aliphatic heterocycles. The van der Waals surface area contributed by atoms with Gasteiger partial charge in [0.25, 0.3) is 0 Å². The maximum atomic E-state index is 12.9. The monoisotopic (exact) mass is 1040 g/mol. The van der Waals surface area contributed by atoms with Crippen molar-refractivity contribution in [2.45, 2.75) is 271 Å². The lowest BCUT2D eigenvalue weighted by Gasteiger charge is -2.18. The van der Waals surface area contributed by atoms with Crippen LogP contribution in [-0.2, 0) is 28.6 Å². The number of hydrogen-bond donors (Lipinski definition) is 0. The summed E-state index contributed by atoms with van der Waals surface area (Å²) >= 11 is 0. The van der Waals surface area contributed by atoms with Crippen LogP contribution in [0.3, 0.4) is 0 Å².